The molecule has 1 heteroatoms. The maximum absolute atomic E-state index is 2.52. The van der Waals surface area contributed by atoms with E-state index in [1.165, 1.54) is 70.6 Å². The van der Waals surface area contributed by atoms with Gasteiger partial charge in [0, 0.05) is 5.25 Å². The minimum atomic E-state index is 0.712. The first kappa shape index (κ1) is 16.2. The van der Waals surface area contributed by atoms with Crippen molar-refractivity contribution >= 4 is 11.8 Å². The van der Waals surface area contributed by atoms with Crippen LogP contribution in [0.15, 0.2) is 22.6 Å². The smallest absolute Gasteiger partial charge is 0.00318 e. The van der Waals surface area contributed by atoms with Crippen LogP contribution in [-0.2, 0) is 0 Å². The van der Waals surface area contributed by atoms with Crippen LogP contribution in [0.25, 0.3) is 0 Å². The van der Waals surface area contributed by atoms with Gasteiger partial charge in [0.25, 0.3) is 0 Å². The minimum absolute atomic E-state index is 0.712. The third kappa shape index (κ3) is 5.68. The lowest BCUT2D eigenvalue weighted by Gasteiger charge is -2.23. The first-order valence-electron chi connectivity index (χ1n) is 8.79. The summed E-state index contributed by atoms with van der Waals surface area (Å²) in [6, 6.07) is 0. The zero-order valence-electron chi connectivity index (χ0n) is 13.5. The summed E-state index contributed by atoms with van der Waals surface area (Å²) < 4.78 is 0. The Labute approximate surface area is 130 Å². The Morgan fingerprint density at radius 3 is 2.65 bits per heavy atom. The van der Waals surface area contributed by atoms with Gasteiger partial charge in [-0.15, -0.1) is 11.8 Å². The molecule has 0 unspecified atom stereocenters. The standard InChI is InChI=1S/C19H32S/c1-16(2)20-15-19(18-11-7-4-8-12-18)14-13-17-9-5-3-6-10-17/h11,15-17H,3-10,12-14H2,1-2H3/b19-15-. The fraction of sp³-hybridized carbons (Fsp3) is 0.789. The van der Waals surface area contributed by atoms with Crippen LogP contribution in [0.2, 0.25) is 0 Å². The summed E-state index contributed by atoms with van der Waals surface area (Å²) in [7, 11) is 0. The zero-order valence-corrected chi connectivity index (χ0v) is 14.3. The van der Waals surface area contributed by atoms with E-state index in [1.54, 1.807) is 11.1 Å². The summed E-state index contributed by atoms with van der Waals surface area (Å²) in [6.45, 7) is 4.60. The lowest BCUT2D eigenvalue weighted by Crippen LogP contribution is -2.07. The minimum Gasteiger partial charge on any atom is -0.131 e. The molecular weight excluding hydrogens is 260 g/mol. The van der Waals surface area contributed by atoms with Gasteiger partial charge in [-0.1, -0.05) is 52.0 Å². The zero-order chi connectivity index (χ0) is 14.2. The summed E-state index contributed by atoms with van der Waals surface area (Å²) in [5.74, 6) is 1.01. The van der Waals surface area contributed by atoms with Crippen molar-refractivity contribution in [1.29, 1.82) is 0 Å². The molecule has 2 aliphatic carbocycles. The summed E-state index contributed by atoms with van der Waals surface area (Å²) >= 11 is 2.02. The van der Waals surface area contributed by atoms with E-state index >= 15 is 0 Å². The van der Waals surface area contributed by atoms with Gasteiger partial charge >= 0.3 is 0 Å². The quantitative estimate of drug-likeness (QED) is 0.514. The summed E-state index contributed by atoms with van der Waals surface area (Å²) in [5.41, 5.74) is 3.36. The summed E-state index contributed by atoms with van der Waals surface area (Å²) in [6.07, 6.45) is 18.1. The molecule has 0 amide bonds. The number of allylic oxidation sites excluding steroid dienone is 3. The van der Waals surface area contributed by atoms with Gasteiger partial charge in [0.1, 0.15) is 0 Å². The van der Waals surface area contributed by atoms with Gasteiger partial charge in [0.2, 0.25) is 0 Å². The lowest BCUT2D eigenvalue weighted by atomic mass is 9.83. The molecule has 0 nitrogen and oxygen atoms in total. The first-order valence-corrected chi connectivity index (χ1v) is 9.74. The molecule has 1 saturated carbocycles. The Balaban J connectivity index is 1.91. The van der Waals surface area contributed by atoms with Crippen molar-refractivity contribution in [3.8, 4) is 0 Å². The third-order valence-electron chi connectivity index (χ3n) is 4.73. The lowest BCUT2D eigenvalue weighted by molar-refractivity contribution is 0.339. The molecule has 0 aromatic rings. The molecule has 0 bridgehead atoms. The predicted octanol–water partition coefficient (Wildman–Crippen LogP) is 6.87. The van der Waals surface area contributed by atoms with Crippen molar-refractivity contribution in [2.75, 3.05) is 0 Å². The highest BCUT2D eigenvalue weighted by molar-refractivity contribution is 8.02. The Hall–Kier alpha value is -0.170. The molecule has 0 atom stereocenters. The number of thioether (sulfide) groups is 1. The van der Waals surface area contributed by atoms with Crippen LogP contribution in [0.5, 0.6) is 0 Å². The van der Waals surface area contributed by atoms with Crippen LogP contribution in [0.3, 0.4) is 0 Å². The van der Waals surface area contributed by atoms with Crippen molar-refractivity contribution in [2.45, 2.75) is 89.7 Å². The van der Waals surface area contributed by atoms with Gasteiger partial charge in [-0.05, 0) is 61.0 Å². The molecule has 2 rings (SSSR count). The molecule has 20 heavy (non-hydrogen) atoms. The van der Waals surface area contributed by atoms with Gasteiger partial charge in [0.15, 0.2) is 0 Å². The van der Waals surface area contributed by atoms with Gasteiger partial charge in [-0.25, -0.2) is 0 Å². The molecule has 0 heterocycles. The van der Waals surface area contributed by atoms with E-state index < -0.39 is 0 Å². The molecule has 0 spiro atoms. The highest BCUT2D eigenvalue weighted by atomic mass is 32.2. The van der Waals surface area contributed by atoms with Gasteiger partial charge in [-0.3, -0.25) is 0 Å². The van der Waals surface area contributed by atoms with E-state index in [0.29, 0.717) is 5.25 Å². The van der Waals surface area contributed by atoms with Crippen LogP contribution in [-0.4, -0.2) is 5.25 Å². The maximum Gasteiger partial charge on any atom is 0.00318 e. The van der Waals surface area contributed by atoms with E-state index in [4.69, 9.17) is 0 Å². The average molecular weight is 293 g/mol. The number of hydrogen-bond donors (Lipinski definition) is 0. The van der Waals surface area contributed by atoms with Crippen molar-refractivity contribution in [3.05, 3.63) is 22.6 Å². The fourth-order valence-corrected chi connectivity index (χ4v) is 4.18. The largest absolute Gasteiger partial charge is 0.131 e. The number of rotatable bonds is 6. The monoisotopic (exact) mass is 292 g/mol. The van der Waals surface area contributed by atoms with E-state index in [0.717, 1.165) is 5.92 Å². The Bertz CT molecular complexity index is 332. The maximum atomic E-state index is 2.52. The molecule has 114 valence electrons. The van der Waals surface area contributed by atoms with E-state index in [9.17, 15) is 0 Å². The molecule has 0 radical (unpaired) electrons. The second-order valence-electron chi connectivity index (χ2n) is 6.85. The second-order valence-corrected chi connectivity index (χ2v) is 8.30. The molecular formula is C19H32S. The average Bonchev–Trinajstić information content (AvgIpc) is 2.49. The molecule has 0 N–H and O–H groups in total. The van der Waals surface area contributed by atoms with Crippen molar-refractivity contribution in [2.24, 2.45) is 5.92 Å². The van der Waals surface area contributed by atoms with Crippen LogP contribution >= 0.6 is 11.8 Å². The second kappa shape index (κ2) is 8.97. The van der Waals surface area contributed by atoms with Crippen LogP contribution in [0, 0.1) is 5.92 Å². The topological polar surface area (TPSA) is 0 Å². The highest BCUT2D eigenvalue weighted by Crippen LogP contribution is 2.33. The van der Waals surface area contributed by atoms with E-state index in [1.807, 2.05) is 11.8 Å². The first-order chi connectivity index (χ1) is 9.75. The van der Waals surface area contributed by atoms with Crippen molar-refractivity contribution in [1.82, 2.24) is 0 Å². The van der Waals surface area contributed by atoms with Gasteiger partial charge < -0.3 is 0 Å². The van der Waals surface area contributed by atoms with Gasteiger partial charge in [0.05, 0.1) is 0 Å². The van der Waals surface area contributed by atoms with Gasteiger partial charge in [-0.2, -0.15) is 0 Å². The van der Waals surface area contributed by atoms with E-state index in [-0.39, 0.29) is 0 Å². The summed E-state index contributed by atoms with van der Waals surface area (Å²) in [4.78, 5) is 0. The highest BCUT2D eigenvalue weighted by Gasteiger charge is 2.16. The van der Waals surface area contributed by atoms with Crippen LogP contribution in [0.4, 0.5) is 0 Å². The Kier molecular flexibility index (Phi) is 7.27. The summed E-state index contributed by atoms with van der Waals surface area (Å²) in [5, 5.41) is 3.20. The van der Waals surface area contributed by atoms with Crippen molar-refractivity contribution < 1.29 is 0 Å². The fourth-order valence-electron chi connectivity index (χ4n) is 3.48. The normalized spacial score (nSPS) is 22.1. The number of hydrogen-bond acceptors (Lipinski definition) is 1. The Morgan fingerprint density at radius 2 is 2.00 bits per heavy atom. The van der Waals surface area contributed by atoms with Crippen LogP contribution in [0.1, 0.15) is 84.5 Å². The molecule has 1 fully saturated rings. The predicted molar refractivity (Wildman–Crippen MR) is 93.2 cm³/mol. The van der Waals surface area contributed by atoms with Crippen molar-refractivity contribution in [3.63, 3.8) is 0 Å². The third-order valence-corrected chi connectivity index (χ3v) is 5.70. The Morgan fingerprint density at radius 1 is 1.20 bits per heavy atom. The molecule has 2 aliphatic rings. The van der Waals surface area contributed by atoms with Crippen LogP contribution < -0.4 is 0 Å². The van der Waals surface area contributed by atoms with E-state index in [2.05, 4.69) is 25.3 Å². The molecule has 0 aromatic carbocycles. The SMILES string of the molecule is CC(C)S/C=C(/CCC1CCCCC1)C1=CCCCC1. The molecule has 0 aromatic heterocycles. The molecule has 0 saturated heterocycles. The molecule has 0 aliphatic heterocycles.